The Labute approximate surface area is 107 Å². The molecule has 1 aromatic rings. The molecule has 0 aliphatic carbocycles. The number of hydrogen-bond donors (Lipinski definition) is 2. The normalized spacial score (nSPS) is 11.3. The third-order valence-electron chi connectivity index (χ3n) is 1.94. The van der Waals surface area contributed by atoms with Crippen molar-refractivity contribution in [1.29, 1.82) is 5.41 Å². The maximum absolute atomic E-state index is 11.8. The zero-order valence-corrected chi connectivity index (χ0v) is 10.3. The van der Waals surface area contributed by atoms with Crippen LogP contribution in [0.5, 0.6) is 5.75 Å². The highest BCUT2D eigenvalue weighted by molar-refractivity contribution is 8.00. The van der Waals surface area contributed by atoms with Crippen LogP contribution in [0.1, 0.15) is 5.56 Å². The van der Waals surface area contributed by atoms with Gasteiger partial charge in [0.25, 0.3) is 0 Å². The average molecular weight is 278 g/mol. The zero-order valence-electron chi connectivity index (χ0n) is 9.46. The van der Waals surface area contributed by atoms with Gasteiger partial charge < -0.3 is 10.5 Å². The van der Waals surface area contributed by atoms with Gasteiger partial charge in [0.1, 0.15) is 5.75 Å². The Kier molecular flexibility index (Phi) is 5.33. The molecule has 0 fully saturated rings. The summed E-state index contributed by atoms with van der Waals surface area (Å²) in [4.78, 5) is 0. The summed E-state index contributed by atoms with van der Waals surface area (Å²) >= 11 is -0.105. The Balaban J connectivity index is 2.33. The van der Waals surface area contributed by atoms with Crippen molar-refractivity contribution in [1.82, 2.24) is 0 Å². The van der Waals surface area contributed by atoms with Gasteiger partial charge in [0, 0.05) is 12.2 Å². The molecule has 3 nitrogen and oxygen atoms in total. The molecule has 0 aromatic heterocycles. The largest absolute Gasteiger partial charge is 0.493 e. The van der Waals surface area contributed by atoms with Gasteiger partial charge in [-0.05, 0) is 29.5 Å². The molecule has 0 aliphatic heterocycles. The molecule has 0 saturated heterocycles. The van der Waals surface area contributed by atoms with Crippen LogP contribution in [0.4, 0.5) is 13.2 Å². The number of nitrogens with one attached hydrogen (secondary N) is 1. The summed E-state index contributed by atoms with van der Waals surface area (Å²) in [5, 5.41) is 7.12. The van der Waals surface area contributed by atoms with Gasteiger partial charge in [-0.25, -0.2) is 0 Å². The summed E-state index contributed by atoms with van der Waals surface area (Å²) in [6, 6.07) is 6.76. The van der Waals surface area contributed by atoms with Crippen molar-refractivity contribution in [3.8, 4) is 5.75 Å². The van der Waals surface area contributed by atoms with Crippen molar-refractivity contribution in [2.45, 2.75) is 11.9 Å². The highest BCUT2D eigenvalue weighted by Gasteiger charge is 2.27. The van der Waals surface area contributed by atoms with Crippen LogP contribution in [0.2, 0.25) is 0 Å². The van der Waals surface area contributed by atoms with E-state index in [0.717, 1.165) is 5.56 Å². The van der Waals surface area contributed by atoms with Crippen LogP contribution in [0.3, 0.4) is 0 Å². The van der Waals surface area contributed by atoms with Gasteiger partial charge in [-0.2, -0.15) is 13.2 Å². The van der Waals surface area contributed by atoms with Gasteiger partial charge in [-0.1, -0.05) is 12.1 Å². The van der Waals surface area contributed by atoms with E-state index in [-0.39, 0.29) is 30.0 Å². The smallest absolute Gasteiger partial charge is 0.441 e. The maximum Gasteiger partial charge on any atom is 0.441 e. The quantitative estimate of drug-likeness (QED) is 0.478. The van der Waals surface area contributed by atoms with Crippen LogP contribution in [-0.4, -0.2) is 23.7 Å². The number of amidine groups is 1. The third kappa shape index (κ3) is 6.39. The van der Waals surface area contributed by atoms with E-state index in [9.17, 15) is 13.2 Å². The van der Waals surface area contributed by atoms with Gasteiger partial charge in [0.2, 0.25) is 0 Å². The number of alkyl halides is 3. The summed E-state index contributed by atoms with van der Waals surface area (Å²) in [6.07, 6.45) is 0.351. The monoisotopic (exact) mass is 278 g/mol. The summed E-state index contributed by atoms with van der Waals surface area (Å²) in [6.45, 7) is -0.00374. The van der Waals surface area contributed by atoms with Crippen molar-refractivity contribution in [2.75, 3.05) is 12.4 Å². The molecule has 0 amide bonds. The van der Waals surface area contributed by atoms with E-state index in [4.69, 9.17) is 15.9 Å². The first-order valence-corrected chi connectivity index (χ1v) is 6.11. The molecule has 0 saturated carbocycles. The van der Waals surface area contributed by atoms with Crippen LogP contribution < -0.4 is 10.5 Å². The Morgan fingerprint density at radius 3 is 2.39 bits per heavy atom. The molecule has 0 spiro atoms. The summed E-state index contributed by atoms with van der Waals surface area (Å²) < 4.78 is 40.6. The zero-order chi connectivity index (χ0) is 13.6. The molecular weight excluding hydrogens is 265 g/mol. The first-order chi connectivity index (χ1) is 8.37. The van der Waals surface area contributed by atoms with E-state index in [1.54, 1.807) is 24.3 Å². The molecule has 100 valence electrons. The SMILES string of the molecule is N=C(N)Cc1ccc(OCCSC(F)(F)F)cc1. The van der Waals surface area contributed by atoms with E-state index < -0.39 is 5.51 Å². The number of benzene rings is 1. The Hall–Kier alpha value is -1.37. The van der Waals surface area contributed by atoms with Crippen LogP contribution in [0.25, 0.3) is 0 Å². The minimum Gasteiger partial charge on any atom is -0.493 e. The van der Waals surface area contributed by atoms with Gasteiger partial charge in [-0.15, -0.1) is 0 Å². The van der Waals surface area contributed by atoms with Gasteiger partial charge in [0.15, 0.2) is 0 Å². The maximum atomic E-state index is 11.8. The van der Waals surface area contributed by atoms with Gasteiger partial charge >= 0.3 is 5.51 Å². The summed E-state index contributed by atoms with van der Waals surface area (Å²) in [7, 11) is 0. The van der Waals surface area contributed by atoms with Crippen molar-refractivity contribution in [3.63, 3.8) is 0 Å². The molecule has 3 N–H and O–H groups in total. The second-order valence-corrected chi connectivity index (χ2v) is 4.65. The number of rotatable bonds is 6. The standard InChI is InChI=1S/C11H13F3N2OS/c12-11(13,14)18-6-5-17-9-3-1-8(2-4-9)7-10(15)16/h1-4H,5-7H2,(H3,15,16). The highest BCUT2D eigenvalue weighted by Crippen LogP contribution is 2.29. The molecule has 1 aromatic carbocycles. The van der Waals surface area contributed by atoms with Crippen molar-refractivity contribution < 1.29 is 17.9 Å². The van der Waals surface area contributed by atoms with E-state index in [2.05, 4.69) is 0 Å². The third-order valence-corrected chi connectivity index (χ3v) is 2.63. The van der Waals surface area contributed by atoms with Gasteiger partial charge in [0.05, 0.1) is 12.4 Å². The van der Waals surface area contributed by atoms with E-state index in [1.807, 2.05) is 0 Å². The van der Waals surface area contributed by atoms with Crippen LogP contribution >= 0.6 is 11.8 Å². The number of nitrogens with two attached hydrogens (primary N) is 1. The number of ether oxygens (including phenoxy) is 1. The van der Waals surface area contributed by atoms with Crippen molar-refractivity contribution in [3.05, 3.63) is 29.8 Å². The molecular formula is C11H13F3N2OS. The van der Waals surface area contributed by atoms with E-state index >= 15 is 0 Å². The minimum atomic E-state index is -4.21. The highest BCUT2D eigenvalue weighted by atomic mass is 32.2. The lowest BCUT2D eigenvalue weighted by atomic mass is 10.1. The fourth-order valence-corrected chi connectivity index (χ4v) is 1.64. The topological polar surface area (TPSA) is 59.1 Å². The van der Waals surface area contributed by atoms with E-state index in [1.165, 1.54) is 0 Å². The molecule has 0 atom stereocenters. The minimum absolute atomic E-state index is 0.00374. The van der Waals surface area contributed by atoms with Crippen molar-refractivity contribution in [2.24, 2.45) is 5.73 Å². The first kappa shape index (κ1) is 14.7. The lowest BCUT2D eigenvalue weighted by molar-refractivity contribution is -0.0329. The lowest BCUT2D eigenvalue weighted by Crippen LogP contribution is -2.12. The summed E-state index contributed by atoms with van der Waals surface area (Å²) in [5.74, 6) is 0.425. The predicted octanol–water partition coefficient (Wildman–Crippen LogP) is 2.80. The van der Waals surface area contributed by atoms with Crippen LogP contribution in [-0.2, 0) is 6.42 Å². The lowest BCUT2D eigenvalue weighted by Gasteiger charge is -2.08. The number of hydrogen-bond acceptors (Lipinski definition) is 3. The molecule has 0 heterocycles. The van der Waals surface area contributed by atoms with E-state index in [0.29, 0.717) is 12.2 Å². The molecule has 18 heavy (non-hydrogen) atoms. The molecule has 0 unspecified atom stereocenters. The number of halogens is 3. The molecule has 0 radical (unpaired) electrons. The second-order valence-electron chi connectivity index (χ2n) is 3.49. The Bertz CT molecular complexity index is 392. The Morgan fingerprint density at radius 2 is 1.89 bits per heavy atom. The van der Waals surface area contributed by atoms with Crippen LogP contribution in [0.15, 0.2) is 24.3 Å². The number of thioether (sulfide) groups is 1. The predicted molar refractivity (Wildman–Crippen MR) is 66.1 cm³/mol. The average Bonchev–Trinajstić information content (AvgIpc) is 2.24. The van der Waals surface area contributed by atoms with Gasteiger partial charge in [-0.3, -0.25) is 5.41 Å². The fraction of sp³-hybridized carbons (Fsp3) is 0.364. The molecule has 0 bridgehead atoms. The molecule has 1 rings (SSSR count). The van der Waals surface area contributed by atoms with Crippen LogP contribution in [0, 0.1) is 5.41 Å². The second kappa shape index (κ2) is 6.53. The molecule has 0 aliphatic rings. The van der Waals surface area contributed by atoms with Crippen molar-refractivity contribution >= 4 is 17.6 Å². The molecule has 7 heteroatoms. The summed E-state index contributed by atoms with van der Waals surface area (Å²) in [5.41, 5.74) is 1.89. The fourth-order valence-electron chi connectivity index (χ4n) is 1.24. The Morgan fingerprint density at radius 1 is 1.28 bits per heavy atom. The first-order valence-electron chi connectivity index (χ1n) is 5.12.